The molecule has 2 aliphatic carbocycles. The van der Waals surface area contributed by atoms with E-state index in [1.807, 2.05) is 0 Å². The number of benzene rings is 13. The van der Waals surface area contributed by atoms with E-state index in [9.17, 15) is 0 Å². The second-order valence-corrected chi connectivity index (χ2v) is 23.5. The molecule has 2 nitrogen and oxygen atoms in total. The topological polar surface area (TPSA) is 17.8 Å². The Morgan fingerprint density at radius 2 is 0.718 bits per heavy atom. The number of rotatable bonds is 10. The number of para-hydroxylation sites is 2. The lowest BCUT2D eigenvalue weighted by molar-refractivity contribution is 0.659. The van der Waals surface area contributed by atoms with Crippen LogP contribution in [0, 0.1) is 0 Å². The Bertz CT molecular complexity index is 4620. The van der Waals surface area contributed by atoms with Gasteiger partial charge in [-0.05, 0) is 213 Å². The molecule has 1 unspecified atom stereocenters. The Labute approximate surface area is 497 Å². The van der Waals surface area contributed by atoms with E-state index in [0.29, 0.717) is 0 Å². The molecule has 1 heterocycles. The van der Waals surface area contributed by atoms with Crippen molar-refractivity contribution in [2.75, 3.05) is 0 Å². The van der Waals surface area contributed by atoms with Crippen LogP contribution in [0.5, 0.6) is 0 Å². The van der Waals surface area contributed by atoms with Gasteiger partial charge in [-0.3, -0.25) is 4.57 Å². The average Bonchev–Trinajstić information content (AvgIpc) is 3.21. The highest BCUT2D eigenvalue weighted by Crippen LogP contribution is 2.56. The van der Waals surface area contributed by atoms with Crippen LogP contribution >= 0.6 is 0 Å². The SMILES string of the molecule is CC1(C)c2ccccc2-c2cc3c(cc21)C(c1ccc(-c2nc4ccccc4n2-c2cccc(-c4cc(-c5cc(-c6ccccc6)cc(-c6ccccc6)c5)cc(-c5cc(-c6ccccc6)cc(-c6ccccc6)c5)c4)c2)cc1)c1ccccc1-3. The third-order valence-electron chi connectivity index (χ3n) is 18.0. The second kappa shape index (κ2) is 20.3. The van der Waals surface area contributed by atoms with Gasteiger partial charge < -0.3 is 0 Å². The molecule has 0 N–H and O–H groups in total. The molecular formula is C83H58N2. The molecule has 85 heavy (non-hydrogen) atoms. The van der Waals surface area contributed by atoms with E-state index in [-0.39, 0.29) is 11.3 Å². The molecule has 400 valence electrons. The van der Waals surface area contributed by atoms with Gasteiger partial charge in [-0.15, -0.1) is 0 Å². The van der Waals surface area contributed by atoms with Crippen molar-refractivity contribution in [3.05, 3.63) is 337 Å². The molecule has 16 rings (SSSR count). The number of fused-ring (bicyclic) bond motifs is 7. The number of nitrogens with zero attached hydrogens (tertiary/aromatic N) is 2. The van der Waals surface area contributed by atoms with Gasteiger partial charge in [-0.25, -0.2) is 4.98 Å². The first-order chi connectivity index (χ1) is 41.9. The zero-order chi connectivity index (χ0) is 56.6. The molecule has 0 bridgehead atoms. The fraction of sp³-hybridized carbons (Fsp3) is 0.0482. The summed E-state index contributed by atoms with van der Waals surface area (Å²) in [6.45, 7) is 4.76. The Morgan fingerprint density at radius 1 is 0.282 bits per heavy atom. The van der Waals surface area contributed by atoms with Gasteiger partial charge in [-0.2, -0.15) is 0 Å². The van der Waals surface area contributed by atoms with Crippen molar-refractivity contribution in [1.82, 2.24) is 9.55 Å². The van der Waals surface area contributed by atoms with E-state index in [2.05, 4.69) is 328 Å². The molecule has 0 aliphatic heterocycles. The molecule has 2 aliphatic rings. The van der Waals surface area contributed by atoms with Crippen molar-refractivity contribution < 1.29 is 0 Å². The highest BCUT2D eigenvalue weighted by molar-refractivity contribution is 5.92. The van der Waals surface area contributed by atoms with Crippen molar-refractivity contribution in [3.63, 3.8) is 0 Å². The minimum Gasteiger partial charge on any atom is -0.292 e. The van der Waals surface area contributed by atoms with Crippen molar-refractivity contribution in [1.29, 1.82) is 0 Å². The molecule has 0 saturated heterocycles. The summed E-state index contributed by atoms with van der Waals surface area (Å²) < 4.78 is 2.35. The number of hydrogen-bond acceptors (Lipinski definition) is 1. The summed E-state index contributed by atoms with van der Waals surface area (Å²) in [5.74, 6) is 1.01. The standard InChI is InChI=1S/C83H58N2/c1-83(2)77-35-18-17-33-72(77)75-52-74-71-32-15-16-34-73(71)81(76(74)53-78(75)83)58-38-40-59(41-39-58)82-84-79-36-19-20-37-80(79)85(82)70-31-21-30-60(51-70)65-48-68(66-44-61(54-22-7-3-8-23-54)42-62(45-66)55-24-9-4-10-25-55)50-69(49-65)67-46-63(56-26-11-5-12-27-56)43-64(47-67)57-28-13-6-14-29-57/h3-53,81H,1-2H3. The van der Waals surface area contributed by atoms with Crippen molar-refractivity contribution >= 4 is 11.0 Å². The van der Waals surface area contributed by atoms with Crippen molar-refractivity contribution in [2.24, 2.45) is 0 Å². The summed E-state index contributed by atoms with van der Waals surface area (Å²) in [6.07, 6.45) is 0. The van der Waals surface area contributed by atoms with Crippen LogP contribution in [-0.2, 0) is 5.41 Å². The van der Waals surface area contributed by atoms with Crippen LogP contribution in [-0.4, -0.2) is 9.55 Å². The largest absolute Gasteiger partial charge is 0.292 e. The third kappa shape index (κ3) is 8.76. The highest BCUT2D eigenvalue weighted by Gasteiger charge is 2.39. The normalized spacial score (nSPS) is 13.5. The van der Waals surface area contributed by atoms with Crippen LogP contribution in [0.1, 0.15) is 47.6 Å². The molecule has 13 aromatic carbocycles. The number of aromatic nitrogens is 2. The fourth-order valence-electron chi connectivity index (χ4n) is 13.8. The molecule has 0 spiro atoms. The van der Waals surface area contributed by atoms with E-state index >= 15 is 0 Å². The van der Waals surface area contributed by atoms with Gasteiger partial charge in [-0.1, -0.05) is 238 Å². The van der Waals surface area contributed by atoms with E-state index in [1.165, 1.54) is 94.6 Å². The summed E-state index contributed by atoms with van der Waals surface area (Å²) in [5.41, 5.74) is 32.5. The van der Waals surface area contributed by atoms with Gasteiger partial charge in [0.15, 0.2) is 0 Å². The molecule has 0 radical (unpaired) electrons. The van der Waals surface area contributed by atoms with E-state index in [1.54, 1.807) is 0 Å². The quantitative estimate of drug-likeness (QED) is 0.133. The maximum Gasteiger partial charge on any atom is 0.145 e. The van der Waals surface area contributed by atoms with Gasteiger partial charge in [0.25, 0.3) is 0 Å². The number of hydrogen-bond donors (Lipinski definition) is 0. The lowest BCUT2D eigenvalue weighted by Crippen LogP contribution is -2.15. The first-order valence-corrected chi connectivity index (χ1v) is 29.6. The van der Waals surface area contributed by atoms with E-state index < -0.39 is 0 Å². The van der Waals surface area contributed by atoms with E-state index in [0.717, 1.165) is 61.5 Å². The summed E-state index contributed by atoms with van der Waals surface area (Å²) >= 11 is 0. The molecule has 0 saturated carbocycles. The molecule has 1 atom stereocenters. The minimum absolute atomic E-state index is 0.0895. The van der Waals surface area contributed by atoms with Gasteiger partial charge in [0, 0.05) is 22.6 Å². The predicted molar refractivity (Wildman–Crippen MR) is 355 cm³/mol. The Morgan fingerprint density at radius 3 is 1.26 bits per heavy atom. The zero-order valence-electron chi connectivity index (χ0n) is 47.4. The molecule has 1 aromatic heterocycles. The molecule has 2 heteroatoms. The van der Waals surface area contributed by atoms with Gasteiger partial charge in [0.1, 0.15) is 5.82 Å². The maximum absolute atomic E-state index is 5.44. The van der Waals surface area contributed by atoms with Crippen LogP contribution in [0.15, 0.2) is 309 Å². The summed E-state index contributed by atoms with van der Waals surface area (Å²) in [5, 5.41) is 0. The van der Waals surface area contributed by atoms with Crippen molar-refractivity contribution in [3.8, 4) is 117 Å². The van der Waals surface area contributed by atoms with Crippen LogP contribution in [0.25, 0.3) is 128 Å². The van der Waals surface area contributed by atoms with Gasteiger partial charge in [0.2, 0.25) is 0 Å². The molecule has 14 aromatic rings. The summed E-state index contributed by atoms with van der Waals surface area (Å²) in [7, 11) is 0. The van der Waals surface area contributed by atoms with Crippen molar-refractivity contribution in [2.45, 2.75) is 25.2 Å². The third-order valence-corrected chi connectivity index (χ3v) is 18.0. The fourth-order valence-corrected chi connectivity index (χ4v) is 13.8. The van der Waals surface area contributed by atoms with Gasteiger partial charge in [0.05, 0.1) is 11.0 Å². The van der Waals surface area contributed by atoms with Crippen LogP contribution in [0.3, 0.4) is 0 Å². The Balaban J connectivity index is 0.839. The molecular weight excluding hydrogens is 1020 g/mol. The highest BCUT2D eigenvalue weighted by atomic mass is 15.1. The lowest BCUT2D eigenvalue weighted by atomic mass is 9.80. The maximum atomic E-state index is 5.44. The summed E-state index contributed by atoms with van der Waals surface area (Å²) in [4.78, 5) is 5.44. The van der Waals surface area contributed by atoms with Crippen LogP contribution in [0.4, 0.5) is 0 Å². The monoisotopic (exact) mass is 1080 g/mol. The molecule has 0 amide bonds. The second-order valence-electron chi connectivity index (χ2n) is 23.5. The first-order valence-electron chi connectivity index (χ1n) is 29.6. The Hall–Kier alpha value is -10.7. The summed E-state index contributed by atoms with van der Waals surface area (Å²) in [6, 6.07) is 114. The van der Waals surface area contributed by atoms with Crippen LogP contribution < -0.4 is 0 Å². The Kier molecular flexibility index (Phi) is 12.0. The average molecular weight is 1080 g/mol. The minimum atomic E-state index is -0.0895. The van der Waals surface area contributed by atoms with Crippen LogP contribution in [0.2, 0.25) is 0 Å². The molecule has 0 fully saturated rings. The zero-order valence-corrected chi connectivity index (χ0v) is 47.4. The smallest absolute Gasteiger partial charge is 0.145 e. The van der Waals surface area contributed by atoms with Gasteiger partial charge >= 0.3 is 0 Å². The first kappa shape index (κ1) is 50.1. The predicted octanol–water partition coefficient (Wildman–Crippen LogP) is 21.8. The lowest BCUT2D eigenvalue weighted by Gasteiger charge is -2.23. The number of imidazole rings is 1. The van der Waals surface area contributed by atoms with E-state index in [4.69, 9.17) is 4.98 Å².